The third-order valence-corrected chi connectivity index (χ3v) is 5.18. The highest BCUT2D eigenvalue weighted by Crippen LogP contribution is 2.27. The fraction of sp³-hybridized carbons (Fsp3) is 0.333. The van der Waals surface area contributed by atoms with Gasteiger partial charge in [-0.3, -0.25) is 9.69 Å². The number of nitrogens with zero attached hydrogens (tertiary/aromatic N) is 3. The lowest BCUT2D eigenvalue weighted by molar-refractivity contribution is 0.0927. The van der Waals surface area contributed by atoms with E-state index in [1.54, 1.807) is 7.11 Å². The van der Waals surface area contributed by atoms with Crippen molar-refractivity contribution in [1.29, 1.82) is 0 Å². The standard InChI is InChI=1S/C21H24N4O2/c1-15-21(17-13-16(27-2)6-7-18(17)23-15)19(26)14-24-9-11-25(12-10-24)20-5-3-4-8-22-20/h3-8,13,23H,9-12,14H2,1-2H3. The summed E-state index contributed by atoms with van der Waals surface area (Å²) in [5.74, 6) is 1.92. The highest BCUT2D eigenvalue weighted by Gasteiger charge is 2.23. The molecule has 1 N–H and O–H groups in total. The molecule has 6 heteroatoms. The monoisotopic (exact) mass is 364 g/mol. The molecule has 0 aliphatic carbocycles. The number of hydrogen-bond donors (Lipinski definition) is 1. The summed E-state index contributed by atoms with van der Waals surface area (Å²) < 4.78 is 5.32. The van der Waals surface area contributed by atoms with Gasteiger partial charge in [-0.25, -0.2) is 4.98 Å². The lowest BCUT2D eigenvalue weighted by atomic mass is 10.1. The number of rotatable bonds is 5. The van der Waals surface area contributed by atoms with E-state index in [2.05, 4.69) is 19.8 Å². The number of aromatic nitrogens is 2. The second kappa shape index (κ2) is 7.40. The third-order valence-electron chi connectivity index (χ3n) is 5.18. The molecular formula is C21H24N4O2. The van der Waals surface area contributed by atoms with Crippen LogP contribution in [0, 0.1) is 6.92 Å². The van der Waals surface area contributed by atoms with Gasteiger partial charge in [0.15, 0.2) is 5.78 Å². The van der Waals surface area contributed by atoms with Crippen molar-refractivity contribution in [3.05, 3.63) is 53.9 Å². The SMILES string of the molecule is COc1ccc2[nH]c(C)c(C(=O)CN3CCN(c4ccccn4)CC3)c2c1. The molecule has 27 heavy (non-hydrogen) atoms. The van der Waals surface area contributed by atoms with Crippen LogP contribution in [0.1, 0.15) is 16.1 Å². The number of aryl methyl sites for hydroxylation is 1. The Bertz CT molecular complexity index is 943. The van der Waals surface area contributed by atoms with E-state index in [0.717, 1.165) is 59.9 Å². The Kier molecular flexibility index (Phi) is 4.81. The molecular weight excluding hydrogens is 340 g/mol. The largest absolute Gasteiger partial charge is 0.497 e. The topological polar surface area (TPSA) is 61.5 Å². The van der Waals surface area contributed by atoms with Crippen LogP contribution in [0.5, 0.6) is 5.75 Å². The predicted octanol–water partition coefficient (Wildman–Crippen LogP) is 2.88. The van der Waals surface area contributed by atoms with Crippen LogP contribution in [0.3, 0.4) is 0 Å². The van der Waals surface area contributed by atoms with Crippen LogP contribution in [-0.4, -0.2) is 60.5 Å². The number of Topliss-reactive ketones (excluding diaryl/α,β-unsaturated/α-hetero) is 1. The first-order chi connectivity index (χ1) is 13.2. The fourth-order valence-corrected chi connectivity index (χ4v) is 3.75. The number of benzene rings is 1. The van der Waals surface area contributed by atoms with Crippen molar-refractivity contribution in [2.24, 2.45) is 0 Å². The van der Waals surface area contributed by atoms with Gasteiger partial charge in [-0.1, -0.05) is 6.07 Å². The number of carbonyl (C=O) groups excluding carboxylic acids is 1. The van der Waals surface area contributed by atoms with Gasteiger partial charge in [0.2, 0.25) is 0 Å². The van der Waals surface area contributed by atoms with Crippen LogP contribution < -0.4 is 9.64 Å². The number of H-pyrrole nitrogens is 1. The minimum Gasteiger partial charge on any atom is -0.497 e. The van der Waals surface area contributed by atoms with Crippen molar-refractivity contribution < 1.29 is 9.53 Å². The lowest BCUT2D eigenvalue weighted by Crippen LogP contribution is -2.48. The van der Waals surface area contributed by atoms with Gasteiger partial charge >= 0.3 is 0 Å². The Labute approximate surface area is 158 Å². The van der Waals surface area contributed by atoms with E-state index >= 15 is 0 Å². The molecule has 3 aromatic rings. The zero-order valence-electron chi connectivity index (χ0n) is 15.7. The number of ether oxygens (including phenoxy) is 1. The minimum atomic E-state index is 0.151. The molecule has 0 atom stereocenters. The smallest absolute Gasteiger partial charge is 0.179 e. The molecule has 0 amide bonds. The Morgan fingerprint density at radius 2 is 2.00 bits per heavy atom. The summed E-state index contributed by atoms with van der Waals surface area (Å²) in [6, 6.07) is 11.8. The summed E-state index contributed by atoms with van der Waals surface area (Å²) in [4.78, 5) is 25.2. The number of piperazine rings is 1. The Morgan fingerprint density at radius 1 is 1.19 bits per heavy atom. The van der Waals surface area contributed by atoms with Gasteiger partial charge in [-0.15, -0.1) is 0 Å². The van der Waals surface area contributed by atoms with Crippen molar-refractivity contribution in [2.75, 3.05) is 44.7 Å². The fourth-order valence-electron chi connectivity index (χ4n) is 3.75. The average Bonchev–Trinajstić information content (AvgIpc) is 3.04. The number of nitrogens with one attached hydrogen (secondary N) is 1. The van der Waals surface area contributed by atoms with Crippen molar-refractivity contribution >= 4 is 22.5 Å². The lowest BCUT2D eigenvalue weighted by Gasteiger charge is -2.35. The van der Waals surface area contributed by atoms with E-state index in [0.29, 0.717) is 6.54 Å². The van der Waals surface area contributed by atoms with Crippen molar-refractivity contribution in [3.8, 4) is 5.75 Å². The van der Waals surface area contributed by atoms with Gasteiger partial charge in [0.25, 0.3) is 0 Å². The van der Waals surface area contributed by atoms with E-state index in [-0.39, 0.29) is 5.78 Å². The third kappa shape index (κ3) is 3.53. The van der Waals surface area contributed by atoms with Gasteiger partial charge in [0.05, 0.1) is 13.7 Å². The van der Waals surface area contributed by atoms with Gasteiger partial charge in [-0.05, 0) is 37.3 Å². The van der Waals surface area contributed by atoms with E-state index in [1.165, 1.54) is 0 Å². The minimum absolute atomic E-state index is 0.151. The number of carbonyl (C=O) groups is 1. The first-order valence-corrected chi connectivity index (χ1v) is 9.23. The quantitative estimate of drug-likeness (QED) is 0.706. The summed E-state index contributed by atoms with van der Waals surface area (Å²) in [6.45, 7) is 5.86. The van der Waals surface area contributed by atoms with Crippen LogP contribution in [0.15, 0.2) is 42.6 Å². The second-order valence-electron chi connectivity index (χ2n) is 6.91. The average molecular weight is 364 g/mol. The number of ketones is 1. The normalized spacial score (nSPS) is 15.3. The zero-order chi connectivity index (χ0) is 18.8. The van der Waals surface area contributed by atoms with Crippen molar-refractivity contribution in [1.82, 2.24) is 14.9 Å². The first-order valence-electron chi connectivity index (χ1n) is 9.23. The van der Waals surface area contributed by atoms with E-state index < -0.39 is 0 Å². The Morgan fingerprint density at radius 3 is 2.70 bits per heavy atom. The summed E-state index contributed by atoms with van der Waals surface area (Å²) in [5.41, 5.74) is 2.66. The molecule has 1 aromatic carbocycles. The summed E-state index contributed by atoms with van der Waals surface area (Å²) in [7, 11) is 1.64. The number of anilines is 1. The molecule has 1 saturated heterocycles. The van der Waals surface area contributed by atoms with Gasteiger partial charge in [0.1, 0.15) is 11.6 Å². The van der Waals surface area contributed by atoms with Crippen LogP contribution >= 0.6 is 0 Å². The van der Waals surface area contributed by atoms with Gasteiger partial charge in [0, 0.05) is 54.5 Å². The molecule has 0 bridgehead atoms. The molecule has 0 unspecified atom stereocenters. The molecule has 4 rings (SSSR count). The number of pyridine rings is 1. The number of fused-ring (bicyclic) bond motifs is 1. The highest BCUT2D eigenvalue weighted by molar-refractivity contribution is 6.10. The molecule has 1 fully saturated rings. The molecule has 0 saturated carbocycles. The Balaban J connectivity index is 1.46. The maximum Gasteiger partial charge on any atom is 0.179 e. The molecule has 1 aliphatic rings. The van der Waals surface area contributed by atoms with Crippen LogP contribution in [0.4, 0.5) is 5.82 Å². The van der Waals surface area contributed by atoms with Crippen molar-refractivity contribution in [2.45, 2.75) is 6.92 Å². The molecule has 2 aromatic heterocycles. The number of hydrogen-bond acceptors (Lipinski definition) is 5. The maximum atomic E-state index is 13.0. The van der Waals surface area contributed by atoms with Gasteiger partial charge < -0.3 is 14.6 Å². The van der Waals surface area contributed by atoms with Crippen LogP contribution in [0.2, 0.25) is 0 Å². The molecule has 0 radical (unpaired) electrons. The molecule has 6 nitrogen and oxygen atoms in total. The predicted molar refractivity (Wildman–Crippen MR) is 107 cm³/mol. The van der Waals surface area contributed by atoms with Gasteiger partial charge in [-0.2, -0.15) is 0 Å². The van der Waals surface area contributed by atoms with E-state index in [9.17, 15) is 4.79 Å². The number of methoxy groups -OCH3 is 1. The van der Waals surface area contributed by atoms with E-state index in [1.807, 2.05) is 49.5 Å². The summed E-state index contributed by atoms with van der Waals surface area (Å²) in [5, 5.41) is 0.934. The molecule has 0 spiro atoms. The molecule has 140 valence electrons. The first kappa shape index (κ1) is 17.5. The maximum absolute atomic E-state index is 13.0. The second-order valence-corrected chi connectivity index (χ2v) is 6.91. The molecule has 1 aliphatic heterocycles. The number of aromatic amines is 1. The van der Waals surface area contributed by atoms with Crippen LogP contribution in [-0.2, 0) is 0 Å². The van der Waals surface area contributed by atoms with Crippen molar-refractivity contribution in [3.63, 3.8) is 0 Å². The Hall–Kier alpha value is -2.86. The summed E-state index contributed by atoms with van der Waals surface area (Å²) >= 11 is 0. The summed E-state index contributed by atoms with van der Waals surface area (Å²) in [6.07, 6.45) is 1.82. The van der Waals surface area contributed by atoms with Crippen LogP contribution in [0.25, 0.3) is 10.9 Å². The zero-order valence-corrected chi connectivity index (χ0v) is 15.7. The van der Waals surface area contributed by atoms with E-state index in [4.69, 9.17) is 4.74 Å². The molecule has 3 heterocycles. The highest BCUT2D eigenvalue weighted by atomic mass is 16.5.